The van der Waals surface area contributed by atoms with Gasteiger partial charge in [-0.25, -0.2) is 4.79 Å². The van der Waals surface area contributed by atoms with E-state index in [1.54, 1.807) is 6.07 Å². The van der Waals surface area contributed by atoms with Crippen LogP contribution in [0.3, 0.4) is 0 Å². The maximum Gasteiger partial charge on any atom is 0.338 e. The highest BCUT2D eigenvalue weighted by Crippen LogP contribution is 2.29. The fraction of sp³-hybridized carbons (Fsp3) is 0.444. The molecule has 3 heteroatoms. The Balaban J connectivity index is 1.83. The van der Waals surface area contributed by atoms with Gasteiger partial charge in [0.05, 0.1) is 12.2 Å². The van der Waals surface area contributed by atoms with Gasteiger partial charge in [-0.15, -0.1) is 0 Å². The van der Waals surface area contributed by atoms with Gasteiger partial charge in [0.2, 0.25) is 0 Å². The second kappa shape index (κ2) is 3.27. The molecule has 64 valence electrons. The number of esters is 1. The van der Waals surface area contributed by atoms with Crippen molar-refractivity contribution in [3.8, 4) is 0 Å². The van der Waals surface area contributed by atoms with Crippen molar-refractivity contribution in [1.82, 2.24) is 0 Å². The van der Waals surface area contributed by atoms with Crippen LogP contribution in [0.4, 0.5) is 0 Å². The number of ether oxygens (including phenoxy) is 1. The maximum atomic E-state index is 11.2. The zero-order valence-corrected chi connectivity index (χ0v) is 7.47. The molecule has 1 heterocycles. The van der Waals surface area contributed by atoms with Gasteiger partial charge in [0.25, 0.3) is 0 Å². The van der Waals surface area contributed by atoms with Gasteiger partial charge in [0.15, 0.2) is 0 Å². The van der Waals surface area contributed by atoms with Gasteiger partial charge >= 0.3 is 5.97 Å². The third kappa shape index (κ3) is 1.85. The van der Waals surface area contributed by atoms with Gasteiger partial charge in [0, 0.05) is 5.38 Å². The van der Waals surface area contributed by atoms with Gasteiger partial charge < -0.3 is 4.74 Å². The first kappa shape index (κ1) is 7.80. The Morgan fingerprint density at radius 3 is 3.08 bits per heavy atom. The van der Waals surface area contributed by atoms with Crippen LogP contribution in [0.15, 0.2) is 16.8 Å². The van der Waals surface area contributed by atoms with Crippen LogP contribution >= 0.6 is 11.3 Å². The van der Waals surface area contributed by atoms with E-state index >= 15 is 0 Å². The van der Waals surface area contributed by atoms with E-state index in [-0.39, 0.29) is 5.97 Å². The number of hydrogen-bond acceptors (Lipinski definition) is 3. The Bertz CT molecular complexity index is 262. The minimum Gasteiger partial charge on any atom is -0.462 e. The van der Waals surface area contributed by atoms with Gasteiger partial charge in [-0.05, 0) is 30.2 Å². The van der Waals surface area contributed by atoms with Crippen LogP contribution in [0, 0.1) is 5.92 Å². The first-order valence-electron chi connectivity index (χ1n) is 4.05. The molecule has 1 aromatic rings. The Hall–Kier alpha value is -0.830. The number of hydrogen-bond donors (Lipinski definition) is 0. The fourth-order valence-corrected chi connectivity index (χ4v) is 1.57. The van der Waals surface area contributed by atoms with E-state index in [1.807, 2.05) is 10.8 Å². The molecule has 0 spiro atoms. The highest BCUT2D eigenvalue weighted by molar-refractivity contribution is 7.08. The summed E-state index contributed by atoms with van der Waals surface area (Å²) in [6.07, 6.45) is 2.44. The van der Waals surface area contributed by atoms with Crippen molar-refractivity contribution in [2.75, 3.05) is 6.61 Å². The zero-order valence-electron chi connectivity index (χ0n) is 6.66. The number of carbonyl (C=O) groups is 1. The van der Waals surface area contributed by atoms with Crippen molar-refractivity contribution in [1.29, 1.82) is 0 Å². The SMILES string of the molecule is O=C(OCC1CC1)c1ccsc1. The minimum atomic E-state index is -0.178. The normalized spacial score (nSPS) is 16.0. The first-order valence-corrected chi connectivity index (χ1v) is 5.00. The summed E-state index contributed by atoms with van der Waals surface area (Å²) in [7, 11) is 0. The van der Waals surface area contributed by atoms with E-state index in [2.05, 4.69) is 0 Å². The zero-order chi connectivity index (χ0) is 8.39. The quantitative estimate of drug-likeness (QED) is 0.670. The maximum absolute atomic E-state index is 11.2. The van der Waals surface area contributed by atoms with Crippen LogP contribution in [-0.4, -0.2) is 12.6 Å². The summed E-state index contributed by atoms with van der Waals surface area (Å²) >= 11 is 1.52. The first-order chi connectivity index (χ1) is 5.86. The number of rotatable bonds is 3. The van der Waals surface area contributed by atoms with Gasteiger partial charge in [0.1, 0.15) is 0 Å². The van der Waals surface area contributed by atoms with Crippen LogP contribution in [-0.2, 0) is 4.74 Å². The molecule has 0 aliphatic heterocycles. The molecule has 1 aliphatic carbocycles. The molecule has 0 atom stereocenters. The lowest BCUT2D eigenvalue weighted by molar-refractivity contribution is 0.0487. The lowest BCUT2D eigenvalue weighted by Gasteiger charge is -2.00. The Kier molecular flexibility index (Phi) is 2.13. The third-order valence-corrected chi connectivity index (χ3v) is 2.59. The van der Waals surface area contributed by atoms with Crippen molar-refractivity contribution in [3.05, 3.63) is 22.4 Å². The summed E-state index contributed by atoms with van der Waals surface area (Å²) < 4.78 is 5.08. The number of thiophene rings is 1. The second-order valence-electron chi connectivity index (χ2n) is 3.05. The summed E-state index contributed by atoms with van der Waals surface area (Å²) in [6.45, 7) is 0.606. The summed E-state index contributed by atoms with van der Waals surface area (Å²) in [6, 6.07) is 1.79. The summed E-state index contributed by atoms with van der Waals surface area (Å²) in [5.74, 6) is 0.468. The van der Waals surface area contributed by atoms with Gasteiger partial charge in [-0.2, -0.15) is 11.3 Å². The topological polar surface area (TPSA) is 26.3 Å². The van der Waals surface area contributed by atoms with E-state index < -0.39 is 0 Å². The molecule has 12 heavy (non-hydrogen) atoms. The molecule has 0 saturated heterocycles. The van der Waals surface area contributed by atoms with Crippen molar-refractivity contribution in [3.63, 3.8) is 0 Å². The highest BCUT2D eigenvalue weighted by atomic mass is 32.1. The average molecular weight is 182 g/mol. The van der Waals surface area contributed by atoms with Crippen LogP contribution in [0.25, 0.3) is 0 Å². The molecule has 0 unspecified atom stereocenters. The Labute approximate surface area is 75.2 Å². The monoisotopic (exact) mass is 182 g/mol. The van der Waals surface area contributed by atoms with Crippen molar-refractivity contribution in [2.24, 2.45) is 5.92 Å². The molecule has 0 bridgehead atoms. The summed E-state index contributed by atoms with van der Waals surface area (Å²) in [5.41, 5.74) is 0.681. The van der Waals surface area contributed by atoms with Gasteiger partial charge in [-0.3, -0.25) is 0 Å². The average Bonchev–Trinajstić information content (AvgIpc) is 2.74. The lowest BCUT2D eigenvalue weighted by atomic mass is 10.3. The minimum absolute atomic E-state index is 0.178. The molecule has 2 rings (SSSR count). The molecule has 0 aromatic carbocycles. The molecule has 2 nitrogen and oxygen atoms in total. The standard InChI is InChI=1S/C9H10O2S/c10-9(8-3-4-12-6-8)11-5-7-1-2-7/h3-4,6-7H,1-2,5H2. The van der Waals surface area contributed by atoms with E-state index in [1.165, 1.54) is 24.2 Å². The largest absolute Gasteiger partial charge is 0.462 e. The van der Waals surface area contributed by atoms with E-state index in [0.717, 1.165) is 0 Å². The summed E-state index contributed by atoms with van der Waals surface area (Å²) in [4.78, 5) is 11.2. The number of carbonyl (C=O) groups excluding carboxylic acids is 1. The molecule has 1 fully saturated rings. The molecular formula is C9H10O2S. The van der Waals surface area contributed by atoms with E-state index in [0.29, 0.717) is 18.1 Å². The molecule has 1 aromatic heterocycles. The van der Waals surface area contributed by atoms with Gasteiger partial charge in [-0.1, -0.05) is 0 Å². The Morgan fingerprint density at radius 1 is 1.67 bits per heavy atom. The highest BCUT2D eigenvalue weighted by Gasteiger charge is 2.23. The van der Waals surface area contributed by atoms with Crippen molar-refractivity contribution >= 4 is 17.3 Å². The molecular weight excluding hydrogens is 172 g/mol. The molecule has 0 radical (unpaired) electrons. The smallest absolute Gasteiger partial charge is 0.338 e. The third-order valence-electron chi connectivity index (χ3n) is 1.90. The molecule has 1 aliphatic rings. The molecule has 0 amide bonds. The van der Waals surface area contributed by atoms with Crippen LogP contribution < -0.4 is 0 Å². The predicted octanol–water partition coefficient (Wildman–Crippen LogP) is 2.31. The fourth-order valence-electron chi connectivity index (χ4n) is 0.942. The predicted molar refractivity (Wildman–Crippen MR) is 47.3 cm³/mol. The molecule has 1 saturated carbocycles. The second-order valence-corrected chi connectivity index (χ2v) is 3.83. The van der Waals surface area contributed by atoms with E-state index in [9.17, 15) is 4.79 Å². The van der Waals surface area contributed by atoms with Crippen LogP contribution in [0.1, 0.15) is 23.2 Å². The van der Waals surface area contributed by atoms with Crippen molar-refractivity contribution in [2.45, 2.75) is 12.8 Å². The Morgan fingerprint density at radius 2 is 2.50 bits per heavy atom. The van der Waals surface area contributed by atoms with Crippen molar-refractivity contribution < 1.29 is 9.53 Å². The van der Waals surface area contributed by atoms with E-state index in [4.69, 9.17) is 4.74 Å². The van der Waals surface area contributed by atoms with Crippen LogP contribution in [0.2, 0.25) is 0 Å². The van der Waals surface area contributed by atoms with Crippen LogP contribution in [0.5, 0.6) is 0 Å². The lowest BCUT2D eigenvalue weighted by Crippen LogP contribution is -2.05. The molecule has 0 N–H and O–H groups in total. The summed E-state index contributed by atoms with van der Waals surface area (Å²) in [5, 5.41) is 3.70.